The monoisotopic (exact) mass is 239 g/mol. The van der Waals surface area contributed by atoms with E-state index in [4.69, 9.17) is 17.3 Å². The molecule has 2 aromatic heterocycles. The van der Waals surface area contributed by atoms with E-state index in [1.165, 1.54) is 0 Å². The zero-order valence-electron chi connectivity index (χ0n) is 9.48. The van der Waals surface area contributed by atoms with Crippen molar-refractivity contribution in [3.8, 4) is 5.82 Å². The van der Waals surface area contributed by atoms with E-state index in [9.17, 15) is 0 Å². The van der Waals surface area contributed by atoms with E-state index in [1.54, 1.807) is 17.1 Å². The Hall–Kier alpha value is -1.49. The number of nitrogen functional groups attached to an aromatic ring is 1. The van der Waals surface area contributed by atoms with Gasteiger partial charge in [0.25, 0.3) is 0 Å². The Morgan fingerprint density at radius 2 is 2.12 bits per heavy atom. The van der Waals surface area contributed by atoms with Crippen molar-refractivity contribution in [1.82, 2.24) is 19.6 Å². The molecular weight excluding hydrogens is 226 g/mol. The van der Waals surface area contributed by atoms with Gasteiger partial charge in [-0.15, -0.1) is 0 Å². The van der Waals surface area contributed by atoms with Gasteiger partial charge in [0, 0.05) is 6.04 Å². The Bertz CT molecular complexity index is 511. The molecule has 86 valence electrons. The number of anilines is 1. The lowest BCUT2D eigenvalue weighted by molar-refractivity contribution is 0.512. The second-order valence-electron chi connectivity index (χ2n) is 3.96. The molecule has 0 aliphatic rings. The normalized spacial score (nSPS) is 11.3. The largest absolute Gasteiger partial charge is 0.394 e. The van der Waals surface area contributed by atoms with Gasteiger partial charge in [-0.25, -0.2) is 9.36 Å². The van der Waals surface area contributed by atoms with Crippen LogP contribution in [0.4, 0.5) is 5.69 Å². The molecule has 0 spiro atoms. The third-order valence-electron chi connectivity index (χ3n) is 2.36. The van der Waals surface area contributed by atoms with Gasteiger partial charge in [-0.05, 0) is 20.8 Å². The van der Waals surface area contributed by atoms with Crippen molar-refractivity contribution in [3.05, 3.63) is 23.1 Å². The molecule has 0 fully saturated rings. The van der Waals surface area contributed by atoms with Gasteiger partial charge in [0.05, 0.1) is 28.8 Å². The summed E-state index contributed by atoms with van der Waals surface area (Å²) in [5, 5.41) is 9.11. The van der Waals surface area contributed by atoms with E-state index < -0.39 is 0 Å². The fourth-order valence-electron chi connectivity index (χ4n) is 1.55. The van der Waals surface area contributed by atoms with Crippen LogP contribution in [0, 0.1) is 6.92 Å². The molecule has 0 aliphatic heterocycles. The lowest BCUT2D eigenvalue weighted by Gasteiger charge is -2.10. The van der Waals surface area contributed by atoms with Gasteiger partial charge in [0.2, 0.25) is 0 Å². The highest BCUT2D eigenvalue weighted by atomic mass is 35.5. The van der Waals surface area contributed by atoms with E-state index >= 15 is 0 Å². The highest BCUT2D eigenvalue weighted by Gasteiger charge is 2.16. The van der Waals surface area contributed by atoms with Crippen LogP contribution >= 0.6 is 11.6 Å². The third-order valence-corrected chi connectivity index (χ3v) is 2.56. The van der Waals surface area contributed by atoms with Crippen molar-refractivity contribution < 1.29 is 0 Å². The lowest BCUT2D eigenvalue weighted by atomic mass is 10.3. The number of hydrogen-bond donors (Lipinski definition) is 1. The van der Waals surface area contributed by atoms with Crippen molar-refractivity contribution in [2.45, 2.75) is 26.8 Å². The van der Waals surface area contributed by atoms with Crippen LogP contribution in [-0.4, -0.2) is 19.6 Å². The molecule has 0 aliphatic carbocycles. The maximum Gasteiger partial charge on any atom is 0.175 e. The molecule has 0 aromatic carbocycles. The predicted octanol–water partition coefficient (Wildman–Crippen LogP) is 2.19. The fraction of sp³-hybridized carbons (Fsp3) is 0.400. The van der Waals surface area contributed by atoms with Crippen molar-refractivity contribution in [3.63, 3.8) is 0 Å². The highest BCUT2D eigenvalue weighted by molar-refractivity contribution is 6.30. The molecule has 16 heavy (non-hydrogen) atoms. The number of nitrogens with two attached hydrogens (primary N) is 1. The number of halogens is 1. The van der Waals surface area contributed by atoms with Crippen LogP contribution < -0.4 is 5.73 Å². The van der Waals surface area contributed by atoms with E-state index in [0.717, 1.165) is 11.5 Å². The number of aryl methyl sites for hydroxylation is 1. The van der Waals surface area contributed by atoms with Crippen LogP contribution in [0.5, 0.6) is 0 Å². The molecule has 2 heterocycles. The molecule has 0 saturated heterocycles. The van der Waals surface area contributed by atoms with Gasteiger partial charge in [0.15, 0.2) is 5.82 Å². The standard InChI is InChI=1S/C10H14ClN5/c1-6(2)16-10(9(12)7(3)14-16)15-5-8(11)4-13-15/h4-6H,12H2,1-3H3. The Morgan fingerprint density at radius 1 is 1.44 bits per heavy atom. The van der Waals surface area contributed by atoms with Gasteiger partial charge in [-0.1, -0.05) is 11.6 Å². The minimum Gasteiger partial charge on any atom is -0.394 e. The first-order valence-electron chi connectivity index (χ1n) is 5.06. The van der Waals surface area contributed by atoms with Crippen molar-refractivity contribution >= 4 is 17.3 Å². The summed E-state index contributed by atoms with van der Waals surface area (Å²) < 4.78 is 3.49. The summed E-state index contributed by atoms with van der Waals surface area (Å²) in [6.07, 6.45) is 3.29. The van der Waals surface area contributed by atoms with Crippen LogP contribution in [0.2, 0.25) is 5.02 Å². The summed E-state index contributed by atoms with van der Waals surface area (Å²) in [6.45, 7) is 5.96. The molecule has 6 heteroatoms. The van der Waals surface area contributed by atoms with Crippen LogP contribution in [0.25, 0.3) is 5.82 Å². The summed E-state index contributed by atoms with van der Waals surface area (Å²) >= 11 is 5.85. The number of hydrogen-bond acceptors (Lipinski definition) is 3. The lowest BCUT2D eigenvalue weighted by Crippen LogP contribution is -2.11. The van der Waals surface area contributed by atoms with Gasteiger partial charge in [0.1, 0.15) is 0 Å². The summed E-state index contributed by atoms with van der Waals surface area (Å²) in [7, 11) is 0. The van der Waals surface area contributed by atoms with Crippen LogP contribution in [-0.2, 0) is 0 Å². The smallest absolute Gasteiger partial charge is 0.175 e. The molecule has 0 saturated carbocycles. The maximum atomic E-state index is 6.00. The minimum atomic E-state index is 0.217. The van der Waals surface area contributed by atoms with E-state index in [2.05, 4.69) is 10.2 Å². The molecule has 2 N–H and O–H groups in total. The topological polar surface area (TPSA) is 61.7 Å². The molecular formula is C10H14ClN5. The summed E-state index contributed by atoms with van der Waals surface area (Å²) in [4.78, 5) is 0. The minimum absolute atomic E-state index is 0.217. The van der Waals surface area contributed by atoms with Crippen LogP contribution in [0.3, 0.4) is 0 Å². The Balaban J connectivity index is 2.62. The van der Waals surface area contributed by atoms with Gasteiger partial charge >= 0.3 is 0 Å². The predicted molar refractivity (Wildman–Crippen MR) is 63.9 cm³/mol. The first-order valence-corrected chi connectivity index (χ1v) is 5.43. The summed E-state index contributed by atoms with van der Waals surface area (Å²) in [6, 6.07) is 0.217. The zero-order valence-corrected chi connectivity index (χ0v) is 10.2. The SMILES string of the molecule is Cc1nn(C(C)C)c(-n2cc(Cl)cn2)c1N. The average molecular weight is 240 g/mol. The molecule has 0 bridgehead atoms. The van der Waals surface area contributed by atoms with Crippen LogP contribution in [0.1, 0.15) is 25.6 Å². The molecule has 5 nitrogen and oxygen atoms in total. The van der Waals surface area contributed by atoms with Gasteiger partial charge in [-0.2, -0.15) is 10.2 Å². The Labute approximate surface area is 98.8 Å². The summed E-state index contributed by atoms with van der Waals surface area (Å²) in [5.41, 5.74) is 7.43. The molecule has 0 atom stereocenters. The van der Waals surface area contributed by atoms with Gasteiger partial charge < -0.3 is 5.73 Å². The average Bonchev–Trinajstić information content (AvgIpc) is 2.73. The molecule has 0 radical (unpaired) electrons. The third kappa shape index (κ3) is 1.67. The first kappa shape index (κ1) is 11.0. The van der Waals surface area contributed by atoms with E-state index in [0.29, 0.717) is 10.7 Å². The van der Waals surface area contributed by atoms with Crippen LogP contribution in [0.15, 0.2) is 12.4 Å². The number of rotatable bonds is 2. The Kier molecular flexibility index (Phi) is 2.63. The first-order chi connectivity index (χ1) is 7.50. The van der Waals surface area contributed by atoms with Gasteiger partial charge in [-0.3, -0.25) is 0 Å². The molecule has 0 unspecified atom stereocenters. The second kappa shape index (κ2) is 3.83. The zero-order chi connectivity index (χ0) is 11.9. The quantitative estimate of drug-likeness (QED) is 0.874. The molecule has 2 rings (SSSR count). The van der Waals surface area contributed by atoms with Crippen molar-refractivity contribution in [2.24, 2.45) is 0 Å². The fourth-order valence-corrected chi connectivity index (χ4v) is 1.69. The number of nitrogens with zero attached hydrogens (tertiary/aromatic N) is 4. The Morgan fingerprint density at radius 3 is 2.62 bits per heavy atom. The van der Waals surface area contributed by atoms with E-state index in [1.807, 2.05) is 25.5 Å². The van der Waals surface area contributed by atoms with Crippen molar-refractivity contribution in [1.29, 1.82) is 0 Å². The summed E-state index contributed by atoms with van der Waals surface area (Å²) in [5.74, 6) is 0.763. The van der Waals surface area contributed by atoms with Crippen molar-refractivity contribution in [2.75, 3.05) is 5.73 Å². The van der Waals surface area contributed by atoms with E-state index in [-0.39, 0.29) is 6.04 Å². The molecule has 0 amide bonds. The second-order valence-corrected chi connectivity index (χ2v) is 4.40. The molecule has 2 aromatic rings. The number of aromatic nitrogens is 4. The highest BCUT2D eigenvalue weighted by Crippen LogP contribution is 2.24. The maximum absolute atomic E-state index is 6.00.